The Hall–Kier alpha value is -1.77. The summed E-state index contributed by atoms with van der Waals surface area (Å²) in [5, 5.41) is 4.09. The number of para-hydroxylation sites is 1. The molecule has 2 N–H and O–H groups in total. The van der Waals surface area contributed by atoms with Crippen LogP contribution in [0.5, 0.6) is 0 Å². The van der Waals surface area contributed by atoms with Crippen molar-refractivity contribution in [2.24, 2.45) is 5.92 Å². The van der Waals surface area contributed by atoms with E-state index in [9.17, 15) is 4.79 Å². The van der Waals surface area contributed by atoms with Crippen LogP contribution < -0.4 is 5.32 Å². The number of fused-ring (bicyclic) bond motifs is 1. The number of hydrogen-bond acceptors (Lipinski definition) is 1. The topological polar surface area (TPSA) is 44.9 Å². The molecule has 1 aromatic heterocycles. The molecular formula is C13H14N2O. The standard InChI is InChI=1S/C13H14N2O/c1-8-6-11(8)15-13(16)12-7-9-4-2-3-5-10(9)14-12/h2-5,7-8,11,14H,6H2,1H3,(H,15,16). The predicted molar refractivity (Wildman–Crippen MR) is 63.3 cm³/mol. The predicted octanol–water partition coefficient (Wildman–Crippen LogP) is 2.31. The Bertz CT molecular complexity index is 511. The van der Waals surface area contributed by atoms with Crippen LogP contribution in [0.4, 0.5) is 0 Å². The van der Waals surface area contributed by atoms with Gasteiger partial charge in [-0.1, -0.05) is 25.1 Å². The minimum absolute atomic E-state index is 0.00514. The van der Waals surface area contributed by atoms with E-state index >= 15 is 0 Å². The van der Waals surface area contributed by atoms with Gasteiger partial charge in [0.25, 0.3) is 5.91 Å². The molecule has 1 aliphatic carbocycles. The number of amides is 1. The van der Waals surface area contributed by atoms with Gasteiger partial charge >= 0.3 is 0 Å². The van der Waals surface area contributed by atoms with Gasteiger partial charge < -0.3 is 10.3 Å². The van der Waals surface area contributed by atoms with Crippen molar-refractivity contribution in [1.29, 1.82) is 0 Å². The second kappa shape index (κ2) is 3.37. The first-order valence-corrected chi connectivity index (χ1v) is 5.62. The summed E-state index contributed by atoms with van der Waals surface area (Å²) in [5.74, 6) is 0.638. The maximum Gasteiger partial charge on any atom is 0.267 e. The highest BCUT2D eigenvalue weighted by molar-refractivity contribution is 5.98. The second-order valence-electron chi connectivity index (χ2n) is 4.56. The van der Waals surface area contributed by atoms with Crippen LogP contribution in [0.1, 0.15) is 23.8 Å². The zero-order valence-electron chi connectivity index (χ0n) is 9.16. The first-order chi connectivity index (χ1) is 7.74. The van der Waals surface area contributed by atoms with Crippen molar-refractivity contribution >= 4 is 16.8 Å². The smallest absolute Gasteiger partial charge is 0.267 e. The molecule has 0 saturated heterocycles. The van der Waals surface area contributed by atoms with Gasteiger partial charge in [-0.15, -0.1) is 0 Å². The van der Waals surface area contributed by atoms with Gasteiger partial charge in [-0.3, -0.25) is 4.79 Å². The number of H-pyrrole nitrogens is 1. The van der Waals surface area contributed by atoms with Crippen molar-refractivity contribution < 1.29 is 4.79 Å². The largest absolute Gasteiger partial charge is 0.351 e. The third kappa shape index (κ3) is 1.58. The highest BCUT2D eigenvalue weighted by atomic mass is 16.2. The van der Waals surface area contributed by atoms with Crippen molar-refractivity contribution in [3.05, 3.63) is 36.0 Å². The number of aromatic amines is 1. The third-order valence-electron chi connectivity index (χ3n) is 3.20. The molecule has 3 rings (SSSR count). The zero-order chi connectivity index (χ0) is 11.1. The highest BCUT2D eigenvalue weighted by Gasteiger charge is 2.34. The number of carbonyl (C=O) groups excluding carboxylic acids is 1. The second-order valence-corrected chi connectivity index (χ2v) is 4.56. The van der Waals surface area contributed by atoms with E-state index in [0.29, 0.717) is 17.7 Å². The Morgan fingerprint density at radius 3 is 2.88 bits per heavy atom. The third-order valence-corrected chi connectivity index (χ3v) is 3.20. The summed E-state index contributed by atoms with van der Waals surface area (Å²) in [6, 6.07) is 10.2. The van der Waals surface area contributed by atoms with Crippen LogP contribution in [0.15, 0.2) is 30.3 Å². The molecule has 1 fully saturated rings. The molecule has 1 heterocycles. The van der Waals surface area contributed by atoms with Crippen molar-refractivity contribution in [1.82, 2.24) is 10.3 Å². The van der Waals surface area contributed by atoms with Crippen molar-refractivity contribution in [2.45, 2.75) is 19.4 Å². The van der Waals surface area contributed by atoms with Crippen LogP contribution in [0.3, 0.4) is 0 Å². The van der Waals surface area contributed by atoms with E-state index in [1.54, 1.807) is 0 Å². The van der Waals surface area contributed by atoms with Gasteiger partial charge in [0.05, 0.1) is 0 Å². The molecule has 1 aromatic carbocycles. The lowest BCUT2D eigenvalue weighted by Gasteiger charge is -2.00. The number of benzene rings is 1. The molecule has 3 nitrogen and oxygen atoms in total. The van der Waals surface area contributed by atoms with E-state index in [2.05, 4.69) is 17.2 Å². The number of nitrogens with one attached hydrogen (secondary N) is 2. The lowest BCUT2D eigenvalue weighted by molar-refractivity contribution is 0.0945. The number of hydrogen-bond donors (Lipinski definition) is 2. The molecule has 2 aromatic rings. The van der Waals surface area contributed by atoms with Gasteiger partial charge in [0.1, 0.15) is 5.69 Å². The Balaban J connectivity index is 1.85. The van der Waals surface area contributed by atoms with Gasteiger partial charge in [-0.25, -0.2) is 0 Å². The van der Waals surface area contributed by atoms with Crippen molar-refractivity contribution in [3.63, 3.8) is 0 Å². The molecule has 1 aliphatic rings. The molecule has 16 heavy (non-hydrogen) atoms. The summed E-state index contributed by atoms with van der Waals surface area (Å²) < 4.78 is 0. The van der Waals surface area contributed by atoms with Gasteiger partial charge in [0.2, 0.25) is 0 Å². The van der Waals surface area contributed by atoms with Crippen LogP contribution in [0.25, 0.3) is 10.9 Å². The molecule has 1 amide bonds. The highest BCUT2D eigenvalue weighted by Crippen LogP contribution is 2.29. The van der Waals surface area contributed by atoms with E-state index in [4.69, 9.17) is 0 Å². The molecule has 3 heteroatoms. The molecule has 2 unspecified atom stereocenters. The van der Waals surface area contributed by atoms with Gasteiger partial charge in [0, 0.05) is 16.9 Å². The summed E-state index contributed by atoms with van der Waals surface area (Å²) in [5.41, 5.74) is 1.66. The SMILES string of the molecule is CC1CC1NC(=O)c1cc2ccccc2[nH]1. The summed E-state index contributed by atoms with van der Waals surface area (Å²) in [4.78, 5) is 15.0. The van der Waals surface area contributed by atoms with Crippen LogP contribution in [-0.2, 0) is 0 Å². The van der Waals surface area contributed by atoms with E-state index in [1.807, 2.05) is 30.3 Å². The quantitative estimate of drug-likeness (QED) is 0.791. The summed E-state index contributed by atoms with van der Waals surface area (Å²) in [7, 11) is 0. The number of carbonyl (C=O) groups is 1. The summed E-state index contributed by atoms with van der Waals surface area (Å²) in [6.45, 7) is 2.15. The maximum absolute atomic E-state index is 11.9. The Morgan fingerprint density at radius 2 is 2.19 bits per heavy atom. The molecule has 1 saturated carbocycles. The van der Waals surface area contributed by atoms with Crippen LogP contribution in [-0.4, -0.2) is 16.9 Å². The summed E-state index contributed by atoms with van der Waals surface area (Å²) >= 11 is 0. The molecular weight excluding hydrogens is 200 g/mol. The Kier molecular flexibility index (Phi) is 1.99. The lowest BCUT2D eigenvalue weighted by atomic mass is 10.2. The molecule has 0 aliphatic heterocycles. The maximum atomic E-state index is 11.9. The Labute approximate surface area is 93.9 Å². The van der Waals surface area contributed by atoms with E-state index in [1.165, 1.54) is 0 Å². The fourth-order valence-corrected chi connectivity index (χ4v) is 1.96. The Morgan fingerprint density at radius 1 is 1.44 bits per heavy atom. The zero-order valence-corrected chi connectivity index (χ0v) is 9.16. The van der Waals surface area contributed by atoms with Gasteiger partial charge in [0.15, 0.2) is 0 Å². The van der Waals surface area contributed by atoms with Crippen molar-refractivity contribution in [2.75, 3.05) is 0 Å². The molecule has 0 radical (unpaired) electrons. The lowest BCUT2D eigenvalue weighted by Crippen LogP contribution is -2.26. The molecule has 82 valence electrons. The van der Waals surface area contributed by atoms with Crippen molar-refractivity contribution in [3.8, 4) is 0 Å². The van der Waals surface area contributed by atoms with Crippen LogP contribution in [0.2, 0.25) is 0 Å². The minimum Gasteiger partial charge on any atom is -0.351 e. The van der Waals surface area contributed by atoms with Gasteiger partial charge in [-0.2, -0.15) is 0 Å². The molecule has 0 spiro atoms. The van der Waals surface area contributed by atoms with Crippen LogP contribution >= 0.6 is 0 Å². The fraction of sp³-hybridized carbons (Fsp3) is 0.308. The van der Waals surface area contributed by atoms with Gasteiger partial charge in [-0.05, 0) is 24.5 Å². The van der Waals surface area contributed by atoms with E-state index in [0.717, 1.165) is 17.3 Å². The van der Waals surface area contributed by atoms with E-state index in [-0.39, 0.29) is 5.91 Å². The minimum atomic E-state index is 0.00514. The van der Waals surface area contributed by atoms with E-state index < -0.39 is 0 Å². The molecule has 2 atom stereocenters. The molecule has 0 bridgehead atoms. The fourth-order valence-electron chi connectivity index (χ4n) is 1.96. The first-order valence-electron chi connectivity index (χ1n) is 5.62. The average molecular weight is 214 g/mol. The normalized spacial score (nSPS) is 23.3. The monoisotopic (exact) mass is 214 g/mol. The first kappa shape index (κ1) is 9.46. The average Bonchev–Trinajstić information content (AvgIpc) is 2.82. The summed E-state index contributed by atoms with van der Waals surface area (Å²) in [6.07, 6.45) is 1.10. The van der Waals surface area contributed by atoms with Crippen LogP contribution in [0, 0.1) is 5.92 Å². The number of rotatable bonds is 2. The number of aromatic nitrogens is 1.